The first kappa shape index (κ1) is 18.0. The Balaban J connectivity index is 3.18. The first-order valence-corrected chi connectivity index (χ1v) is 6.64. The highest BCUT2D eigenvalue weighted by atomic mass is 16.6. The van der Waals surface area contributed by atoms with Crippen molar-refractivity contribution in [3.05, 3.63) is 44.0 Å². The Bertz CT molecular complexity index is 627. The summed E-state index contributed by atoms with van der Waals surface area (Å²) in [5.74, 6) is -2.57. The number of amides is 1. The Hall–Kier alpha value is -3.04. The predicted octanol–water partition coefficient (Wildman–Crippen LogP) is 1.73. The first-order chi connectivity index (χ1) is 10.7. The van der Waals surface area contributed by atoms with E-state index in [-0.39, 0.29) is 11.5 Å². The lowest BCUT2D eigenvalue weighted by molar-refractivity contribution is -0.394. The Morgan fingerprint density at radius 2 is 1.65 bits per heavy atom. The van der Waals surface area contributed by atoms with E-state index in [2.05, 4.69) is 5.32 Å². The molecule has 124 valence electrons. The molecule has 0 heterocycles. The van der Waals surface area contributed by atoms with E-state index >= 15 is 0 Å². The fraction of sp³-hybridized carbons (Fsp3) is 0.385. The maximum atomic E-state index is 12.1. The van der Waals surface area contributed by atoms with Crippen LogP contribution in [-0.2, 0) is 4.79 Å². The second kappa shape index (κ2) is 7.29. The first-order valence-electron chi connectivity index (χ1n) is 6.64. The van der Waals surface area contributed by atoms with E-state index in [4.69, 9.17) is 5.11 Å². The van der Waals surface area contributed by atoms with Gasteiger partial charge >= 0.3 is 5.97 Å². The van der Waals surface area contributed by atoms with E-state index in [1.54, 1.807) is 13.8 Å². The third-order valence-electron chi connectivity index (χ3n) is 3.35. The van der Waals surface area contributed by atoms with Crippen LogP contribution in [0.25, 0.3) is 0 Å². The lowest BCUT2D eigenvalue weighted by atomic mass is 9.99. The standard InChI is InChI=1S/C13H15N3O7/c1-3-7(2)11(13(18)19)14-12(17)8-4-9(15(20)21)6-10(5-8)16(22)23/h4-7,11H,3H2,1-2H3,(H,14,17)(H,18,19)/t7-,11-/m0/s1. The summed E-state index contributed by atoms with van der Waals surface area (Å²) >= 11 is 0. The van der Waals surface area contributed by atoms with Crippen molar-refractivity contribution in [2.45, 2.75) is 26.3 Å². The van der Waals surface area contributed by atoms with Crippen molar-refractivity contribution in [2.75, 3.05) is 0 Å². The summed E-state index contributed by atoms with van der Waals surface area (Å²) in [6, 6.07) is 1.24. The molecule has 0 radical (unpaired) electrons. The summed E-state index contributed by atoms with van der Waals surface area (Å²) in [6.45, 7) is 3.36. The number of nitrogens with one attached hydrogen (secondary N) is 1. The van der Waals surface area contributed by atoms with Gasteiger partial charge in [-0.05, 0) is 5.92 Å². The van der Waals surface area contributed by atoms with Gasteiger partial charge in [-0.3, -0.25) is 25.0 Å². The topological polar surface area (TPSA) is 153 Å². The molecule has 10 heteroatoms. The molecule has 10 nitrogen and oxygen atoms in total. The van der Waals surface area contributed by atoms with Crippen LogP contribution < -0.4 is 5.32 Å². The number of benzene rings is 1. The lowest BCUT2D eigenvalue weighted by Crippen LogP contribution is -2.45. The largest absolute Gasteiger partial charge is 0.480 e. The number of carbonyl (C=O) groups excluding carboxylic acids is 1. The van der Waals surface area contributed by atoms with Crippen LogP contribution in [-0.4, -0.2) is 32.9 Å². The minimum atomic E-state index is -1.26. The number of nitro groups is 2. The number of nitrogens with zero attached hydrogens (tertiary/aromatic N) is 2. The number of nitro benzene ring substituents is 2. The molecule has 0 spiro atoms. The molecule has 0 fully saturated rings. The molecule has 0 saturated carbocycles. The van der Waals surface area contributed by atoms with Gasteiger partial charge in [0, 0.05) is 12.1 Å². The highest BCUT2D eigenvalue weighted by Crippen LogP contribution is 2.23. The monoisotopic (exact) mass is 325 g/mol. The van der Waals surface area contributed by atoms with Crippen LogP contribution >= 0.6 is 0 Å². The van der Waals surface area contributed by atoms with Crippen LogP contribution in [0.1, 0.15) is 30.6 Å². The molecule has 0 saturated heterocycles. The van der Waals surface area contributed by atoms with Gasteiger partial charge in [0.05, 0.1) is 21.5 Å². The Morgan fingerprint density at radius 3 is 2.00 bits per heavy atom. The van der Waals surface area contributed by atoms with Crippen molar-refractivity contribution >= 4 is 23.3 Å². The molecule has 1 amide bonds. The van der Waals surface area contributed by atoms with Gasteiger partial charge in [-0.1, -0.05) is 20.3 Å². The average molecular weight is 325 g/mol. The molecular formula is C13H15N3O7. The van der Waals surface area contributed by atoms with Crippen molar-refractivity contribution < 1.29 is 24.5 Å². The van der Waals surface area contributed by atoms with Crippen molar-refractivity contribution in [1.82, 2.24) is 5.32 Å². The third-order valence-corrected chi connectivity index (χ3v) is 3.35. The van der Waals surface area contributed by atoms with Crippen LogP contribution in [0.3, 0.4) is 0 Å². The summed E-state index contributed by atoms with van der Waals surface area (Å²) in [7, 11) is 0. The van der Waals surface area contributed by atoms with Crippen LogP contribution in [0, 0.1) is 26.1 Å². The fourth-order valence-corrected chi connectivity index (χ4v) is 1.84. The van der Waals surface area contributed by atoms with Crippen molar-refractivity contribution in [1.29, 1.82) is 0 Å². The van der Waals surface area contributed by atoms with Gasteiger partial charge in [-0.15, -0.1) is 0 Å². The van der Waals surface area contributed by atoms with E-state index in [1.165, 1.54) is 0 Å². The highest BCUT2D eigenvalue weighted by Gasteiger charge is 2.27. The summed E-state index contributed by atoms with van der Waals surface area (Å²) in [6.07, 6.45) is 0.479. The Kier molecular flexibility index (Phi) is 5.71. The molecule has 0 unspecified atom stereocenters. The third kappa shape index (κ3) is 4.46. The van der Waals surface area contributed by atoms with Gasteiger partial charge < -0.3 is 10.4 Å². The van der Waals surface area contributed by atoms with E-state index in [0.29, 0.717) is 6.42 Å². The van der Waals surface area contributed by atoms with Gasteiger partial charge in [0.15, 0.2) is 0 Å². The number of aliphatic carboxylic acids is 1. The molecule has 23 heavy (non-hydrogen) atoms. The molecule has 0 bridgehead atoms. The van der Waals surface area contributed by atoms with Crippen molar-refractivity contribution in [2.24, 2.45) is 5.92 Å². The van der Waals surface area contributed by atoms with E-state index in [0.717, 1.165) is 18.2 Å². The minimum absolute atomic E-state index is 0.347. The summed E-state index contributed by atoms with van der Waals surface area (Å²) in [5, 5.41) is 32.9. The zero-order valence-corrected chi connectivity index (χ0v) is 12.4. The van der Waals surface area contributed by atoms with Gasteiger partial charge in [-0.25, -0.2) is 4.79 Å². The SMILES string of the molecule is CC[C@H](C)[C@H](NC(=O)c1cc([N+](=O)[O-])cc([N+](=O)[O-])c1)C(=O)O. The molecule has 1 rings (SSSR count). The van der Waals surface area contributed by atoms with E-state index in [9.17, 15) is 29.8 Å². The molecule has 0 aromatic heterocycles. The molecule has 0 aliphatic carbocycles. The smallest absolute Gasteiger partial charge is 0.326 e. The lowest BCUT2D eigenvalue weighted by Gasteiger charge is -2.20. The molecule has 0 aliphatic heterocycles. The maximum Gasteiger partial charge on any atom is 0.326 e. The number of rotatable bonds is 7. The number of carboxylic acid groups (broad SMARTS) is 1. The van der Waals surface area contributed by atoms with E-state index < -0.39 is 39.1 Å². The minimum Gasteiger partial charge on any atom is -0.480 e. The Morgan fingerprint density at radius 1 is 1.17 bits per heavy atom. The number of non-ortho nitro benzene ring substituents is 2. The molecular weight excluding hydrogens is 310 g/mol. The van der Waals surface area contributed by atoms with Gasteiger partial charge in [0.2, 0.25) is 0 Å². The van der Waals surface area contributed by atoms with Crippen LogP contribution in [0.4, 0.5) is 11.4 Å². The maximum absolute atomic E-state index is 12.1. The molecule has 0 aliphatic rings. The normalized spacial score (nSPS) is 13.0. The number of hydrogen-bond acceptors (Lipinski definition) is 6. The molecule has 2 atom stereocenters. The molecule has 1 aromatic carbocycles. The summed E-state index contributed by atoms with van der Waals surface area (Å²) in [4.78, 5) is 43.1. The van der Waals surface area contributed by atoms with Gasteiger partial charge in [0.25, 0.3) is 17.3 Å². The van der Waals surface area contributed by atoms with Gasteiger partial charge in [0.1, 0.15) is 6.04 Å². The van der Waals surface area contributed by atoms with Crippen LogP contribution in [0.5, 0.6) is 0 Å². The van der Waals surface area contributed by atoms with Gasteiger partial charge in [-0.2, -0.15) is 0 Å². The second-order valence-corrected chi connectivity index (χ2v) is 4.93. The van der Waals surface area contributed by atoms with Crippen molar-refractivity contribution in [3.8, 4) is 0 Å². The zero-order chi connectivity index (χ0) is 17.7. The average Bonchev–Trinajstić information content (AvgIpc) is 2.50. The fourth-order valence-electron chi connectivity index (χ4n) is 1.84. The second-order valence-electron chi connectivity index (χ2n) is 4.93. The highest BCUT2D eigenvalue weighted by molar-refractivity contribution is 5.97. The van der Waals surface area contributed by atoms with Crippen LogP contribution in [0.15, 0.2) is 18.2 Å². The predicted molar refractivity (Wildman–Crippen MR) is 78.1 cm³/mol. The number of hydrogen-bond donors (Lipinski definition) is 2. The summed E-state index contributed by atoms with van der Waals surface area (Å²) in [5.41, 5.74) is -1.60. The Labute approximate surface area is 130 Å². The van der Waals surface area contributed by atoms with Crippen molar-refractivity contribution in [3.63, 3.8) is 0 Å². The number of carbonyl (C=O) groups is 2. The van der Waals surface area contributed by atoms with E-state index in [1.807, 2.05) is 0 Å². The zero-order valence-electron chi connectivity index (χ0n) is 12.4. The quantitative estimate of drug-likeness (QED) is 0.571. The number of carboxylic acids is 1. The molecule has 1 aromatic rings. The van der Waals surface area contributed by atoms with Crippen LogP contribution in [0.2, 0.25) is 0 Å². The molecule has 2 N–H and O–H groups in total. The summed E-state index contributed by atoms with van der Waals surface area (Å²) < 4.78 is 0.